The van der Waals surface area contributed by atoms with Crippen LogP contribution in [0.25, 0.3) is 0 Å². The van der Waals surface area contributed by atoms with Crippen molar-refractivity contribution in [3.8, 4) is 0 Å². The molecular formula is C9H15ClO3. The molecule has 1 fully saturated rings. The van der Waals surface area contributed by atoms with Crippen LogP contribution in [-0.2, 0) is 14.3 Å². The van der Waals surface area contributed by atoms with Gasteiger partial charge in [0.15, 0.2) is 6.10 Å². The lowest BCUT2D eigenvalue weighted by atomic mass is 9.96. The molecule has 1 aliphatic rings. The number of hydrogen-bond donors (Lipinski definition) is 0. The molecule has 1 rings (SSSR count). The minimum Gasteiger partial charge on any atom is -0.467 e. The molecule has 76 valence electrons. The van der Waals surface area contributed by atoms with E-state index < -0.39 is 6.10 Å². The van der Waals surface area contributed by atoms with E-state index in [0.717, 1.165) is 12.8 Å². The first-order valence-electron chi connectivity index (χ1n) is 4.54. The summed E-state index contributed by atoms with van der Waals surface area (Å²) in [5.41, 5.74) is 0. The van der Waals surface area contributed by atoms with Crippen molar-refractivity contribution in [3.05, 3.63) is 0 Å². The van der Waals surface area contributed by atoms with Crippen LogP contribution in [0.3, 0.4) is 0 Å². The Kier molecular flexibility index (Phi) is 4.00. The van der Waals surface area contributed by atoms with E-state index in [0.29, 0.717) is 6.61 Å². The van der Waals surface area contributed by atoms with Gasteiger partial charge in [0.1, 0.15) is 0 Å². The van der Waals surface area contributed by atoms with Crippen LogP contribution in [0.5, 0.6) is 0 Å². The van der Waals surface area contributed by atoms with Gasteiger partial charge in [0.05, 0.1) is 7.11 Å². The van der Waals surface area contributed by atoms with Crippen LogP contribution in [0, 0.1) is 5.92 Å². The summed E-state index contributed by atoms with van der Waals surface area (Å²) in [6, 6.07) is 0. The van der Waals surface area contributed by atoms with Crippen LogP contribution >= 0.6 is 11.6 Å². The Bertz CT molecular complexity index is 184. The van der Waals surface area contributed by atoms with Crippen molar-refractivity contribution in [2.45, 2.75) is 31.2 Å². The highest BCUT2D eigenvalue weighted by Gasteiger charge is 2.38. The van der Waals surface area contributed by atoms with Crippen molar-refractivity contribution in [2.75, 3.05) is 13.7 Å². The van der Waals surface area contributed by atoms with Crippen molar-refractivity contribution in [1.82, 2.24) is 0 Å². The molecule has 0 aromatic heterocycles. The van der Waals surface area contributed by atoms with E-state index in [1.165, 1.54) is 7.11 Å². The second-order valence-electron chi connectivity index (χ2n) is 3.19. The molecule has 3 atom stereocenters. The molecule has 1 heterocycles. The summed E-state index contributed by atoms with van der Waals surface area (Å²) in [6.45, 7) is 2.61. The maximum Gasteiger partial charge on any atom is 0.335 e. The van der Waals surface area contributed by atoms with Crippen LogP contribution in [0.4, 0.5) is 0 Å². The van der Waals surface area contributed by atoms with E-state index in [1.807, 2.05) is 6.92 Å². The van der Waals surface area contributed by atoms with E-state index in [2.05, 4.69) is 4.74 Å². The molecule has 0 spiro atoms. The Hall–Kier alpha value is -0.280. The molecule has 0 aromatic carbocycles. The Morgan fingerprint density at radius 1 is 1.77 bits per heavy atom. The van der Waals surface area contributed by atoms with E-state index >= 15 is 0 Å². The molecule has 0 aliphatic carbocycles. The number of methoxy groups -OCH3 is 1. The predicted molar refractivity (Wildman–Crippen MR) is 49.8 cm³/mol. The highest BCUT2D eigenvalue weighted by Crippen LogP contribution is 2.29. The standard InChI is InChI=1S/C9H15ClO3/c1-3-7(10)6-4-5-13-8(6)9(11)12-2/h6-8H,3-5H2,1-2H3/t6-,7?,8+/m1/s1. The molecule has 3 nitrogen and oxygen atoms in total. The van der Waals surface area contributed by atoms with Crippen LogP contribution in [-0.4, -0.2) is 31.2 Å². The Morgan fingerprint density at radius 3 is 3.00 bits per heavy atom. The maximum atomic E-state index is 11.2. The summed E-state index contributed by atoms with van der Waals surface area (Å²) in [7, 11) is 1.37. The second kappa shape index (κ2) is 4.82. The Morgan fingerprint density at radius 2 is 2.46 bits per heavy atom. The third-order valence-electron chi connectivity index (χ3n) is 2.43. The summed E-state index contributed by atoms with van der Waals surface area (Å²) in [5.74, 6) is -0.194. The van der Waals surface area contributed by atoms with Gasteiger partial charge >= 0.3 is 5.97 Å². The zero-order valence-corrected chi connectivity index (χ0v) is 8.71. The third kappa shape index (κ3) is 2.35. The van der Waals surface area contributed by atoms with Gasteiger partial charge in [-0.25, -0.2) is 4.79 Å². The molecular weight excluding hydrogens is 192 g/mol. The van der Waals surface area contributed by atoms with Crippen molar-refractivity contribution in [3.63, 3.8) is 0 Å². The molecule has 4 heteroatoms. The fraction of sp³-hybridized carbons (Fsp3) is 0.889. The molecule has 1 aliphatic heterocycles. The van der Waals surface area contributed by atoms with Crippen molar-refractivity contribution in [1.29, 1.82) is 0 Å². The van der Waals surface area contributed by atoms with Crippen molar-refractivity contribution in [2.24, 2.45) is 5.92 Å². The van der Waals surface area contributed by atoms with E-state index in [4.69, 9.17) is 16.3 Å². The Balaban J connectivity index is 2.58. The summed E-state index contributed by atoms with van der Waals surface area (Å²) < 4.78 is 9.92. The highest BCUT2D eigenvalue weighted by atomic mass is 35.5. The van der Waals surface area contributed by atoms with Crippen LogP contribution < -0.4 is 0 Å². The normalized spacial score (nSPS) is 30.1. The molecule has 13 heavy (non-hydrogen) atoms. The SMILES string of the molecule is CCC(Cl)[C@H]1CCO[C@@H]1C(=O)OC. The zero-order valence-electron chi connectivity index (χ0n) is 7.96. The molecule has 1 unspecified atom stereocenters. The van der Waals surface area contributed by atoms with Gasteiger partial charge in [-0.1, -0.05) is 6.92 Å². The van der Waals surface area contributed by atoms with E-state index in [-0.39, 0.29) is 17.3 Å². The highest BCUT2D eigenvalue weighted by molar-refractivity contribution is 6.21. The number of alkyl halides is 1. The molecule has 0 N–H and O–H groups in total. The number of hydrogen-bond acceptors (Lipinski definition) is 3. The summed E-state index contributed by atoms with van der Waals surface area (Å²) >= 11 is 6.08. The van der Waals surface area contributed by atoms with Gasteiger partial charge in [0.2, 0.25) is 0 Å². The first kappa shape index (κ1) is 10.8. The molecule has 0 radical (unpaired) electrons. The number of esters is 1. The van der Waals surface area contributed by atoms with Gasteiger partial charge in [-0.05, 0) is 12.8 Å². The number of carbonyl (C=O) groups excluding carboxylic acids is 1. The largest absolute Gasteiger partial charge is 0.467 e. The number of halogens is 1. The Labute approximate surface area is 83.3 Å². The minimum atomic E-state index is -0.451. The van der Waals surface area contributed by atoms with Gasteiger partial charge in [-0.15, -0.1) is 11.6 Å². The van der Waals surface area contributed by atoms with Gasteiger partial charge < -0.3 is 9.47 Å². The monoisotopic (exact) mass is 206 g/mol. The number of ether oxygens (including phenoxy) is 2. The van der Waals surface area contributed by atoms with Gasteiger partial charge in [-0.3, -0.25) is 0 Å². The first-order chi connectivity index (χ1) is 6.20. The minimum absolute atomic E-state index is 0.00611. The smallest absolute Gasteiger partial charge is 0.335 e. The second-order valence-corrected chi connectivity index (χ2v) is 3.75. The van der Waals surface area contributed by atoms with Crippen molar-refractivity contribution >= 4 is 17.6 Å². The molecule has 1 saturated heterocycles. The van der Waals surface area contributed by atoms with Crippen LogP contribution in [0.15, 0.2) is 0 Å². The molecule has 0 amide bonds. The predicted octanol–water partition coefficient (Wildman–Crippen LogP) is 1.58. The number of carbonyl (C=O) groups is 1. The average molecular weight is 207 g/mol. The molecule has 0 saturated carbocycles. The fourth-order valence-electron chi connectivity index (χ4n) is 1.64. The topological polar surface area (TPSA) is 35.5 Å². The summed E-state index contributed by atoms with van der Waals surface area (Å²) in [5, 5.41) is 0.00611. The summed E-state index contributed by atoms with van der Waals surface area (Å²) in [6.07, 6.45) is 1.25. The lowest BCUT2D eigenvalue weighted by Crippen LogP contribution is -2.32. The van der Waals surface area contributed by atoms with Gasteiger partial charge in [0, 0.05) is 17.9 Å². The van der Waals surface area contributed by atoms with Crippen molar-refractivity contribution < 1.29 is 14.3 Å². The first-order valence-corrected chi connectivity index (χ1v) is 4.97. The lowest BCUT2D eigenvalue weighted by Gasteiger charge is -2.19. The van der Waals surface area contributed by atoms with E-state index in [1.54, 1.807) is 0 Å². The number of rotatable bonds is 3. The van der Waals surface area contributed by atoms with Crippen LogP contribution in [0.2, 0.25) is 0 Å². The quantitative estimate of drug-likeness (QED) is 0.520. The molecule has 0 bridgehead atoms. The van der Waals surface area contributed by atoms with Gasteiger partial charge in [-0.2, -0.15) is 0 Å². The summed E-state index contributed by atoms with van der Waals surface area (Å²) in [4.78, 5) is 11.2. The maximum absolute atomic E-state index is 11.2. The fourth-order valence-corrected chi connectivity index (χ4v) is 1.90. The van der Waals surface area contributed by atoms with E-state index in [9.17, 15) is 4.79 Å². The third-order valence-corrected chi connectivity index (χ3v) is 3.06. The van der Waals surface area contributed by atoms with Crippen LogP contribution in [0.1, 0.15) is 19.8 Å². The zero-order chi connectivity index (χ0) is 9.84. The molecule has 0 aromatic rings. The van der Waals surface area contributed by atoms with Gasteiger partial charge in [0.25, 0.3) is 0 Å². The lowest BCUT2D eigenvalue weighted by molar-refractivity contribution is -0.153. The average Bonchev–Trinajstić information content (AvgIpc) is 2.63.